The van der Waals surface area contributed by atoms with Gasteiger partial charge in [0.1, 0.15) is 0 Å². The molecule has 0 spiro atoms. The van der Waals surface area contributed by atoms with Gasteiger partial charge in [0.05, 0.1) is 7.11 Å². The summed E-state index contributed by atoms with van der Waals surface area (Å²) in [6.07, 6.45) is 1.26. The first kappa shape index (κ1) is 17.3. The molecule has 0 bridgehead atoms. The lowest BCUT2D eigenvalue weighted by Crippen LogP contribution is -2.49. The molecule has 120 valence electrons. The summed E-state index contributed by atoms with van der Waals surface area (Å²) in [5.74, 6) is -0.952. The van der Waals surface area contributed by atoms with Crippen molar-refractivity contribution in [2.45, 2.75) is 39.2 Å². The van der Waals surface area contributed by atoms with E-state index in [2.05, 4.69) is 15.4 Å². The van der Waals surface area contributed by atoms with Crippen molar-refractivity contribution in [2.24, 2.45) is 5.92 Å². The number of methoxy groups -OCH3 is 1. The number of likely N-dealkylation sites (tertiary alicyclic amines) is 1. The Morgan fingerprint density at radius 2 is 1.71 bits per heavy atom. The Morgan fingerprint density at radius 3 is 2.19 bits per heavy atom. The standard InChI is InChI=1S/C14H25N3O4/c1-14(2,3)16-12(19)11(18)15-9-10-5-7-17(8-6-10)13(20)21-4/h10H,5-9H2,1-4H3,(H,15,18)(H,16,19). The molecule has 3 amide bonds. The van der Waals surface area contributed by atoms with Gasteiger partial charge in [0.25, 0.3) is 0 Å². The Hall–Kier alpha value is -1.79. The molecule has 7 nitrogen and oxygen atoms in total. The van der Waals surface area contributed by atoms with E-state index in [1.165, 1.54) is 7.11 Å². The molecule has 1 saturated heterocycles. The van der Waals surface area contributed by atoms with Crippen molar-refractivity contribution >= 4 is 17.9 Å². The molecule has 0 unspecified atom stereocenters. The van der Waals surface area contributed by atoms with Gasteiger partial charge in [0.2, 0.25) is 0 Å². The van der Waals surface area contributed by atoms with E-state index < -0.39 is 17.4 Å². The van der Waals surface area contributed by atoms with E-state index in [1.807, 2.05) is 20.8 Å². The summed E-state index contributed by atoms with van der Waals surface area (Å²) < 4.78 is 4.67. The zero-order valence-electron chi connectivity index (χ0n) is 13.2. The number of carbonyl (C=O) groups excluding carboxylic acids is 3. The number of rotatable bonds is 2. The second-order valence-electron chi connectivity index (χ2n) is 6.31. The van der Waals surface area contributed by atoms with Gasteiger partial charge < -0.3 is 20.3 Å². The average Bonchev–Trinajstić information content (AvgIpc) is 2.42. The molecule has 1 fully saturated rings. The number of hydrogen-bond donors (Lipinski definition) is 2. The van der Waals surface area contributed by atoms with Crippen LogP contribution >= 0.6 is 0 Å². The molecule has 0 aliphatic carbocycles. The number of piperidine rings is 1. The fourth-order valence-electron chi connectivity index (χ4n) is 2.16. The lowest BCUT2D eigenvalue weighted by Gasteiger charge is -2.31. The minimum absolute atomic E-state index is 0.275. The van der Waals surface area contributed by atoms with Gasteiger partial charge in [-0.2, -0.15) is 0 Å². The van der Waals surface area contributed by atoms with Crippen LogP contribution in [0.3, 0.4) is 0 Å². The summed E-state index contributed by atoms with van der Waals surface area (Å²) in [4.78, 5) is 36.3. The molecule has 1 aliphatic rings. The molecule has 0 aromatic carbocycles. The number of ether oxygens (including phenoxy) is 1. The SMILES string of the molecule is COC(=O)N1CCC(CNC(=O)C(=O)NC(C)(C)C)CC1. The quantitative estimate of drug-likeness (QED) is 0.727. The lowest BCUT2D eigenvalue weighted by atomic mass is 9.97. The minimum atomic E-state index is -0.616. The second kappa shape index (κ2) is 7.28. The highest BCUT2D eigenvalue weighted by atomic mass is 16.5. The number of nitrogens with one attached hydrogen (secondary N) is 2. The van der Waals surface area contributed by atoms with Crippen LogP contribution in [-0.4, -0.2) is 55.1 Å². The van der Waals surface area contributed by atoms with Crippen molar-refractivity contribution in [1.82, 2.24) is 15.5 Å². The first-order chi connectivity index (χ1) is 9.73. The molecule has 0 saturated carbocycles. The predicted molar refractivity (Wildman–Crippen MR) is 77.6 cm³/mol. The third kappa shape index (κ3) is 6.01. The van der Waals surface area contributed by atoms with E-state index in [0.717, 1.165) is 12.8 Å². The van der Waals surface area contributed by atoms with Crippen LogP contribution in [0.2, 0.25) is 0 Å². The Morgan fingerprint density at radius 1 is 1.14 bits per heavy atom. The van der Waals surface area contributed by atoms with Crippen LogP contribution in [0.5, 0.6) is 0 Å². The van der Waals surface area contributed by atoms with E-state index in [1.54, 1.807) is 4.90 Å². The van der Waals surface area contributed by atoms with Crippen LogP contribution in [0.1, 0.15) is 33.6 Å². The van der Waals surface area contributed by atoms with Crippen LogP contribution in [0.15, 0.2) is 0 Å². The van der Waals surface area contributed by atoms with Crippen LogP contribution in [0, 0.1) is 5.92 Å². The first-order valence-corrected chi connectivity index (χ1v) is 7.16. The maximum absolute atomic E-state index is 11.7. The highest BCUT2D eigenvalue weighted by Crippen LogP contribution is 2.16. The maximum Gasteiger partial charge on any atom is 0.409 e. The largest absolute Gasteiger partial charge is 0.453 e. The van der Waals surface area contributed by atoms with Gasteiger partial charge in [-0.3, -0.25) is 9.59 Å². The lowest BCUT2D eigenvalue weighted by molar-refractivity contribution is -0.140. The topological polar surface area (TPSA) is 87.7 Å². The van der Waals surface area contributed by atoms with Crippen LogP contribution < -0.4 is 10.6 Å². The highest BCUT2D eigenvalue weighted by molar-refractivity contribution is 6.35. The molecule has 0 aromatic heterocycles. The van der Waals surface area contributed by atoms with E-state index in [0.29, 0.717) is 19.6 Å². The Balaban J connectivity index is 2.29. The number of hydrogen-bond acceptors (Lipinski definition) is 4. The Labute approximate surface area is 125 Å². The van der Waals surface area contributed by atoms with E-state index in [-0.39, 0.29) is 12.0 Å². The first-order valence-electron chi connectivity index (χ1n) is 7.16. The van der Waals surface area contributed by atoms with E-state index in [4.69, 9.17) is 0 Å². The molecule has 1 heterocycles. The van der Waals surface area contributed by atoms with Crippen molar-refractivity contribution < 1.29 is 19.1 Å². The molecular weight excluding hydrogens is 274 g/mol. The average molecular weight is 299 g/mol. The van der Waals surface area contributed by atoms with Crippen molar-refractivity contribution in [1.29, 1.82) is 0 Å². The summed E-state index contributed by atoms with van der Waals surface area (Å²) in [5.41, 5.74) is -0.430. The summed E-state index contributed by atoms with van der Waals surface area (Å²) in [5, 5.41) is 5.26. The molecule has 0 atom stereocenters. The molecular formula is C14H25N3O4. The third-order valence-corrected chi connectivity index (χ3v) is 3.29. The van der Waals surface area contributed by atoms with Gasteiger partial charge in [-0.05, 0) is 39.5 Å². The molecule has 0 aromatic rings. The summed E-state index contributed by atoms with van der Waals surface area (Å²) in [6, 6.07) is 0. The molecule has 2 N–H and O–H groups in total. The maximum atomic E-state index is 11.7. The smallest absolute Gasteiger partial charge is 0.409 e. The fourth-order valence-corrected chi connectivity index (χ4v) is 2.16. The Kier molecular flexibility index (Phi) is 5.99. The molecule has 21 heavy (non-hydrogen) atoms. The second-order valence-corrected chi connectivity index (χ2v) is 6.31. The summed E-state index contributed by atoms with van der Waals surface area (Å²) in [6.45, 7) is 7.14. The Bertz CT molecular complexity index is 396. The monoisotopic (exact) mass is 299 g/mol. The van der Waals surface area contributed by atoms with Gasteiger partial charge in [-0.1, -0.05) is 0 Å². The number of amides is 3. The van der Waals surface area contributed by atoms with Crippen LogP contribution in [-0.2, 0) is 14.3 Å². The fraction of sp³-hybridized carbons (Fsp3) is 0.786. The molecule has 1 rings (SSSR count). The number of nitrogens with zero attached hydrogens (tertiary/aromatic N) is 1. The molecule has 1 aliphatic heterocycles. The van der Waals surface area contributed by atoms with E-state index in [9.17, 15) is 14.4 Å². The normalized spacial score (nSPS) is 16.3. The van der Waals surface area contributed by atoms with Gasteiger partial charge in [0.15, 0.2) is 0 Å². The summed E-state index contributed by atoms with van der Waals surface area (Å²) >= 11 is 0. The molecule has 7 heteroatoms. The van der Waals surface area contributed by atoms with Crippen molar-refractivity contribution in [3.8, 4) is 0 Å². The highest BCUT2D eigenvalue weighted by Gasteiger charge is 2.25. The zero-order chi connectivity index (χ0) is 16.0. The van der Waals surface area contributed by atoms with Crippen LogP contribution in [0.4, 0.5) is 4.79 Å². The van der Waals surface area contributed by atoms with Gasteiger partial charge in [-0.25, -0.2) is 4.79 Å². The van der Waals surface area contributed by atoms with Gasteiger partial charge in [-0.15, -0.1) is 0 Å². The minimum Gasteiger partial charge on any atom is -0.453 e. The van der Waals surface area contributed by atoms with Gasteiger partial charge in [0, 0.05) is 25.2 Å². The predicted octanol–water partition coefficient (Wildman–Crippen LogP) is 0.496. The summed E-state index contributed by atoms with van der Waals surface area (Å²) in [7, 11) is 1.36. The van der Waals surface area contributed by atoms with Crippen molar-refractivity contribution in [3.63, 3.8) is 0 Å². The van der Waals surface area contributed by atoms with Crippen LogP contribution in [0.25, 0.3) is 0 Å². The van der Waals surface area contributed by atoms with Crippen molar-refractivity contribution in [3.05, 3.63) is 0 Å². The van der Waals surface area contributed by atoms with Gasteiger partial charge >= 0.3 is 17.9 Å². The van der Waals surface area contributed by atoms with Crippen molar-refractivity contribution in [2.75, 3.05) is 26.7 Å². The van der Waals surface area contributed by atoms with E-state index >= 15 is 0 Å². The zero-order valence-corrected chi connectivity index (χ0v) is 13.2. The third-order valence-electron chi connectivity index (χ3n) is 3.29. The number of carbonyl (C=O) groups is 3. The molecule has 0 radical (unpaired) electrons.